The zero-order valence-corrected chi connectivity index (χ0v) is 12.0. The van der Waals surface area contributed by atoms with Gasteiger partial charge in [0.2, 0.25) is 0 Å². The van der Waals surface area contributed by atoms with Gasteiger partial charge in [0.05, 0.1) is 4.92 Å². The number of carbonyl (C=O) groups excluding carboxylic acids is 1. The van der Waals surface area contributed by atoms with Crippen LogP contribution in [0, 0.1) is 10.1 Å². The predicted molar refractivity (Wildman–Crippen MR) is 74.6 cm³/mol. The number of carbonyl (C=O) groups is 1. The summed E-state index contributed by atoms with van der Waals surface area (Å²) in [7, 11) is 0. The molecule has 0 bridgehead atoms. The second-order valence-electron chi connectivity index (χ2n) is 3.47. The van der Waals surface area contributed by atoms with Crippen molar-refractivity contribution in [2.45, 2.75) is 5.82 Å². The Hall–Kier alpha value is -1.97. The van der Waals surface area contributed by atoms with Crippen LogP contribution >= 0.6 is 0 Å². The monoisotopic (exact) mass is 322 g/mol. The predicted octanol–water partition coefficient (Wildman–Crippen LogP) is 3.03. The average Bonchev–Trinajstić information content (AvgIpc) is 2.49. The van der Waals surface area contributed by atoms with Gasteiger partial charge in [0.25, 0.3) is 5.69 Å². The Labute approximate surface area is 119 Å². The molecule has 0 aliphatic rings. The summed E-state index contributed by atoms with van der Waals surface area (Å²) < 4.78 is 0. The van der Waals surface area contributed by atoms with E-state index in [4.69, 9.17) is 0 Å². The van der Waals surface area contributed by atoms with Crippen LogP contribution < -0.4 is 0 Å². The second-order valence-corrected chi connectivity index (χ2v) is 3.47. The van der Waals surface area contributed by atoms with Crippen LogP contribution in [-0.4, -0.2) is 26.7 Å². The van der Waals surface area contributed by atoms with Gasteiger partial charge in [-0.2, -0.15) is 0 Å². The quantitative estimate of drug-likeness (QED) is 0.378. The molecule has 0 spiro atoms. The van der Waals surface area contributed by atoms with Crippen molar-refractivity contribution in [3.63, 3.8) is 0 Å². The molecule has 0 amide bonds. The topological polar surface area (TPSA) is 60.2 Å². The maximum absolute atomic E-state index is 12.1. The molecule has 0 aliphatic carbocycles. The SMILES string of the molecule is C[Se].O=C(c1ccccc1)c1ccccc1[N+](=O)[O-]. The Balaban J connectivity index is 0.000000861. The van der Waals surface area contributed by atoms with E-state index in [0.717, 1.165) is 0 Å². The van der Waals surface area contributed by atoms with Crippen LogP contribution in [0.3, 0.4) is 0 Å². The van der Waals surface area contributed by atoms with Crippen LogP contribution in [0.5, 0.6) is 0 Å². The van der Waals surface area contributed by atoms with Gasteiger partial charge >= 0.3 is 21.8 Å². The zero-order valence-electron chi connectivity index (χ0n) is 10.3. The molecule has 0 aromatic heterocycles. The minimum Gasteiger partial charge on any atom is -0.288 e. The number of para-hydroxylation sites is 1. The molecule has 2 rings (SSSR count). The van der Waals surface area contributed by atoms with Crippen molar-refractivity contribution in [1.82, 2.24) is 0 Å². The minimum atomic E-state index is -0.545. The van der Waals surface area contributed by atoms with Gasteiger partial charge in [0, 0.05) is 11.6 Å². The third-order valence-corrected chi connectivity index (χ3v) is 2.38. The van der Waals surface area contributed by atoms with Gasteiger partial charge in [-0.25, -0.2) is 0 Å². The first-order valence-corrected chi connectivity index (χ1v) is 7.15. The molecule has 2 aromatic carbocycles. The van der Waals surface area contributed by atoms with E-state index >= 15 is 0 Å². The molecule has 5 heteroatoms. The molecule has 0 saturated heterocycles. The Morgan fingerprint density at radius 2 is 1.53 bits per heavy atom. The molecule has 1 radical (unpaired) electrons. The van der Waals surface area contributed by atoms with Crippen LogP contribution in [0.15, 0.2) is 54.6 Å². The number of nitro benzene ring substituents is 1. The number of hydrogen-bond acceptors (Lipinski definition) is 3. The first-order chi connectivity index (χ1) is 9.20. The first-order valence-electron chi connectivity index (χ1n) is 5.44. The van der Waals surface area contributed by atoms with E-state index in [0.29, 0.717) is 5.56 Å². The maximum Gasteiger partial charge on any atom is 0.280 e. The summed E-state index contributed by atoms with van der Waals surface area (Å²) >= 11 is 2.62. The summed E-state index contributed by atoms with van der Waals surface area (Å²) in [6.45, 7) is 0. The summed E-state index contributed by atoms with van der Waals surface area (Å²) in [6, 6.07) is 14.5. The van der Waals surface area contributed by atoms with Gasteiger partial charge in [0.1, 0.15) is 5.56 Å². The molecule has 0 heterocycles. The van der Waals surface area contributed by atoms with Crippen molar-refractivity contribution >= 4 is 27.5 Å². The van der Waals surface area contributed by atoms with Crippen LogP contribution in [0.25, 0.3) is 0 Å². The van der Waals surface area contributed by atoms with Crippen molar-refractivity contribution in [3.05, 3.63) is 75.8 Å². The third kappa shape index (κ3) is 3.74. The van der Waals surface area contributed by atoms with Crippen molar-refractivity contribution in [2.24, 2.45) is 0 Å². The Morgan fingerprint density at radius 1 is 1.00 bits per heavy atom. The van der Waals surface area contributed by atoms with Crippen molar-refractivity contribution < 1.29 is 9.72 Å². The Bertz CT molecular complexity index is 570. The van der Waals surface area contributed by atoms with E-state index in [9.17, 15) is 14.9 Å². The average molecular weight is 321 g/mol. The van der Waals surface area contributed by atoms with Gasteiger partial charge in [-0.15, -0.1) is 0 Å². The Kier molecular flexibility index (Phi) is 5.92. The third-order valence-electron chi connectivity index (χ3n) is 2.38. The molecular formula is C14H12NO3Se. The van der Waals surface area contributed by atoms with Crippen molar-refractivity contribution in [2.75, 3.05) is 0 Å². The molecule has 0 atom stereocenters. The van der Waals surface area contributed by atoms with Crippen molar-refractivity contribution in [3.8, 4) is 0 Å². The summed E-state index contributed by atoms with van der Waals surface area (Å²) in [5, 5.41) is 10.8. The Morgan fingerprint density at radius 3 is 2.11 bits per heavy atom. The molecule has 0 fully saturated rings. The normalized spacial score (nSPS) is 9.16. The minimum absolute atomic E-state index is 0.115. The summed E-state index contributed by atoms with van der Waals surface area (Å²) in [6.07, 6.45) is 0. The van der Waals surface area contributed by atoms with Gasteiger partial charge in [-0.1, -0.05) is 42.5 Å². The van der Waals surface area contributed by atoms with E-state index in [1.54, 1.807) is 42.5 Å². The number of hydrogen-bond donors (Lipinski definition) is 0. The fourth-order valence-electron chi connectivity index (χ4n) is 1.57. The molecule has 19 heavy (non-hydrogen) atoms. The molecule has 0 aliphatic heterocycles. The van der Waals surface area contributed by atoms with Gasteiger partial charge in [0.15, 0.2) is 5.78 Å². The molecule has 2 aromatic rings. The molecule has 97 valence electrons. The number of nitrogens with zero attached hydrogens (tertiary/aromatic N) is 1. The first kappa shape index (κ1) is 15.1. The number of benzene rings is 2. The number of nitro groups is 1. The van der Waals surface area contributed by atoms with E-state index in [-0.39, 0.29) is 17.0 Å². The summed E-state index contributed by atoms with van der Waals surface area (Å²) in [5.41, 5.74) is 0.395. The van der Waals surface area contributed by atoms with E-state index in [2.05, 4.69) is 16.0 Å². The van der Waals surface area contributed by atoms with Crippen LogP contribution in [0.2, 0.25) is 5.82 Å². The smallest absolute Gasteiger partial charge is 0.280 e. The van der Waals surface area contributed by atoms with Crippen LogP contribution in [0.1, 0.15) is 15.9 Å². The molecule has 0 N–H and O–H groups in total. The van der Waals surface area contributed by atoms with Crippen LogP contribution in [-0.2, 0) is 0 Å². The summed E-state index contributed by atoms with van der Waals surface area (Å²) in [4.78, 5) is 22.3. The number of rotatable bonds is 3. The molecule has 4 nitrogen and oxygen atoms in total. The molecule has 0 unspecified atom stereocenters. The second kappa shape index (κ2) is 7.46. The summed E-state index contributed by atoms with van der Waals surface area (Å²) in [5.74, 6) is 1.54. The molecule has 0 saturated carbocycles. The number of ketones is 1. The van der Waals surface area contributed by atoms with Gasteiger partial charge in [-0.05, 0) is 6.07 Å². The van der Waals surface area contributed by atoms with Crippen molar-refractivity contribution in [1.29, 1.82) is 0 Å². The van der Waals surface area contributed by atoms with Gasteiger partial charge in [-0.3, -0.25) is 14.9 Å². The van der Waals surface area contributed by atoms with Gasteiger partial charge < -0.3 is 0 Å². The standard InChI is InChI=1S/C13H9NO3.CH3Se/c15-13(10-6-2-1-3-7-10)11-8-4-5-9-12(11)14(16)17;1-2/h1-9H;1H3. The van der Waals surface area contributed by atoms with E-state index in [1.807, 2.05) is 5.82 Å². The molecular weight excluding hydrogens is 309 g/mol. The van der Waals surface area contributed by atoms with Crippen LogP contribution in [0.4, 0.5) is 5.69 Å². The van der Waals surface area contributed by atoms with E-state index in [1.165, 1.54) is 12.1 Å². The fourth-order valence-corrected chi connectivity index (χ4v) is 1.57. The van der Waals surface area contributed by atoms with E-state index < -0.39 is 4.92 Å². The maximum atomic E-state index is 12.1. The largest absolute Gasteiger partial charge is 0.288 e. The fraction of sp³-hybridized carbons (Fsp3) is 0.0714. The zero-order chi connectivity index (χ0) is 14.3.